The zero-order valence-electron chi connectivity index (χ0n) is 12.1. The molecule has 1 aliphatic carbocycles. The molecule has 3 unspecified atom stereocenters. The first-order valence-electron chi connectivity index (χ1n) is 7.11. The van der Waals surface area contributed by atoms with Gasteiger partial charge in [-0.3, -0.25) is 4.79 Å². The molecule has 0 aromatic heterocycles. The lowest BCUT2D eigenvalue weighted by molar-refractivity contribution is -0.147. The third-order valence-corrected chi connectivity index (χ3v) is 3.83. The van der Waals surface area contributed by atoms with Crippen LogP contribution in [-0.4, -0.2) is 31.1 Å². The molecule has 1 amide bonds. The number of hydrogen-bond acceptors (Lipinski definition) is 4. The van der Waals surface area contributed by atoms with Crippen LogP contribution in [0.5, 0.6) is 0 Å². The molecule has 0 spiro atoms. The Hall–Kier alpha value is -1.10. The fourth-order valence-corrected chi connectivity index (χ4v) is 2.55. The van der Waals surface area contributed by atoms with Crippen LogP contribution in [0.1, 0.15) is 46.0 Å². The molecule has 0 saturated heterocycles. The number of nitrogens with two attached hydrogens (primary N) is 1. The maximum absolute atomic E-state index is 12.3. The summed E-state index contributed by atoms with van der Waals surface area (Å²) in [5.74, 6) is -0.698. The number of amides is 1. The molecule has 5 nitrogen and oxygen atoms in total. The second-order valence-corrected chi connectivity index (χ2v) is 5.66. The van der Waals surface area contributed by atoms with Gasteiger partial charge in [-0.25, -0.2) is 4.79 Å². The van der Waals surface area contributed by atoms with Crippen LogP contribution in [-0.2, 0) is 14.3 Å². The maximum Gasteiger partial charge on any atom is 0.328 e. The van der Waals surface area contributed by atoms with Gasteiger partial charge in [0, 0.05) is 6.04 Å². The number of hydrogen-bond donors (Lipinski definition) is 2. The molecule has 0 radical (unpaired) electrons. The van der Waals surface area contributed by atoms with Gasteiger partial charge < -0.3 is 15.8 Å². The highest BCUT2D eigenvalue weighted by atomic mass is 16.5. The van der Waals surface area contributed by atoms with Gasteiger partial charge in [-0.1, -0.05) is 33.1 Å². The van der Waals surface area contributed by atoms with Crippen molar-refractivity contribution >= 4 is 11.9 Å². The highest BCUT2D eigenvalue weighted by Gasteiger charge is 2.31. The summed E-state index contributed by atoms with van der Waals surface area (Å²) in [5, 5.41) is 2.80. The first kappa shape index (κ1) is 16.0. The van der Waals surface area contributed by atoms with Gasteiger partial charge in [-0.2, -0.15) is 0 Å². The quantitative estimate of drug-likeness (QED) is 0.594. The highest BCUT2D eigenvalue weighted by molar-refractivity contribution is 5.86. The van der Waals surface area contributed by atoms with Gasteiger partial charge in [0.1, 0.15) is 6.04 Å². The van der Waals surface area contributed by atoms with E-state index < -0.39 is 12.0 Å². The number of rotatable bonds is 4. The Balaban J connectivity index is 2.67. The Labute approximate surface area is 115 Å². The van der Waals surface area contributed by atoms with Gasteiger partial charge in [-0.15, -0.1) is 0 Å². The molecule has 1 aliphatic rings. The molecule has 0 aliphatic heterocycles. The molecule has 3 N–H and O–H groups in total. The summed E-state index contributed by atoms with van der Waals surface area (Å²) < 4.78 is 4.73. The summed E-state index contributed by atoms with van der Waals surface area (Å²) in [5.41, 5.74) is 6.06. The van der Waals surface area contributed by atoms with Crippen molar-refractivity contribution in [3.8, 4) is 0 Å². The van der Waals surface area contributed by atoms with Crippen molar-refractivity contribution in [3.05, 3.63) is 0 Å². The lowest BCUT2D eigenvalue weighted by atomic mass is 9.93. The van der Waals surface area contributed by atoms with Crippen LogP contribution in [0.15, 0.2) is 0 Å². The molecule has 0 aromatic rings. The van der Waals surface area contributed by atoms with Crippen molar-refractivity contribution in [1.82, 2.24) is 5.32 Å². The van der Waals surface area contributed by atoms with Crippen molar-refractivity contribution in [1.29, 1.82) is 0 Å². The fraction of sp³-hybridized carbons (Fsp3) is 0.857. The number of carbonyl (C=O) groups excluding carboxylic acids is 2. The molecule has 1 rings (SSSR count). The van der Waals surface area contributed by atoms with E-state index in [1.807, 2.05) is 13.8 Å². The number of carbonyl (C=O) groups is 2. The van der Waals surface area contributed by atoms with Gasteiger partial charge in [0.15, 0.2) is 0 Å². The minimum absolute atomic E-state index is 0.00148. The summed E-state index contributed by atoms with van der Waals surface area (Å²) in [6.45, 7) is 3.77. The molecule has 19 heavy (non-hydrogen) atoms. The Morgan fingerprint density at radius 2 is 1.84 bits per heavy atom. The summed E-state index contributed by atoms with van der Waals surface area (Å²) >= 11 is 0. The van der Waals surface area contributed by atoms with Crippen molar-refractivity contribution in [2.75, 3.05) is 7.11 Å². The van der Waals surface area contributed by atoms with E-state index >= 15 is 0 Å². The van der Waals surface area contributed by atoms with Gasteiger partial charge in [0.2, 0.25) is 5.91 Å². The van der Waals surface area contributed by atoms with E-state index in [1.54, 1.807) is 0 Å². The lowest BCUT2D eigenvalue weighted by Crippen LogP contribution is -2.50. The standard InChI is InChI=1S/C14H26N2O3/c1-9(2)12(14(18)19-3)16-13(17)10-7-5-4-6-8-11(10)15/h9-12H,4-8,15H2,1-3H3,(H,16,17). The van der Waals surface area contributed by atoms with E-state index in [4.69, 9.17) is 10.5 Å². The Morgan fingerprint density at radius 3 is 2.42 bits per heavy atom. The molecule has 0 bridgehead atoms. The van der Waals surface area contributed by atoms with Crippen LogP contribution in [0.2, 0.25) is 0 Å². The van der Waals surface area contributed by atoms with E-state index in [9.17, 15) is 9.59 Å². The van der Waals surface area contributed by atoms with Gasteiger partial charge in [-0.05, 0) is 18.8 Å². The van der Waals surface area contributed by atoms with Crippen LogP contribution >= 0.6 is 0 Å². The third-order valence-electron chi connectivity index (χ3n) is 3.83. The third kappa shape index (κ3) is 4.49. The molecular weight excluding hydrogens is 244 g/mol. The summed E-state index contributed by atoms with van der Waals surface area (Å²) in [4.78, 5) is 24.0. The number of esters is 1. The normalized spacial score (nSPS) is 25.5. The topological polar surface area (TPSA) is 81.4 Å². The second-order valence-electron chi connectivity index (χ2n) is 5.66. The lowest BCUT2D eigenvalue weighted by Gasteiger charge is -2.25. The molecule has 0 heterocycles. The van der Waals surface area contributed by atoms with Crippen LogP contribution < -0.4 is 11.1 Å². The zero-order valence-corrected chi connectivity index (χ0v) is 12.1. The van der Waals surface area contributed by atoms with Gasteiger partial charge >= 0.3 is 5.97 Å². The smallest absolute Gasteiger partial charge is 0.328 e. The summed E-state index contributed by atoms with van der Waals surface area (Å²) in [6, 6.07) is -0.694. The van der Waals surface area contributed by atoms with E-state index in [-0.39, 0.29) is 23.8 Å². The minimum atomic E-state index is -0.590. The minimum Gasteiger partial charge on any atom is -0.467 e. The molecule has 5 heteroatoms. The Morgan fingerprint density at radius 1 is 1.21 bits per heavy atom. The first-order chi connectivity index (χ1) is 8.97. The van der Waals surface area contributed by atoms with Crippen LogP contribution in [0, 0.1) is 11.8 Å². The Kier molecular flexibility index (Phi) is 6.28. The van der Waals surface area contributed by atoms with Crippen molar-refractivity contribution < 1.29 is 14.3 Å². The molecule has 3 atom stereocenters. The van der Waals surface area contributed by atoms with Crippen molar-refractivity contribution in [3.63, 3.8) is 0 Å². The maximum atomic E-state index is 12.3. The molecular formula is C14H26N2O3. The molecule has 110 valence electrons. The Bertz CT molecular complexity index is 318. The van der Waals surface area contributed by atoms with E-state index in [2.05, 4.69) is 5.32 Å². The SMILES string of the molecule is COC(=O)C(NC(=O)C1CCCCCC1N)C(C)C. The van der Waals surface area contributed by atoms with E-state index in [1.165, 1.54) is 7.11 Å². The highest BCUT2D eigenvalue weighted by Crippen LogP contribution is 2.22. The predicted octanol–water partition coefficient (Wildman–Crippen LogP) is 1.21. The summed E-state index contributed by atoms with van der Waals surface area (Å²) in [6.07, 6.45) is 4.91. The van der Waals surface area contributed by atoms with Crippen LogP contribution in [0.4, 0.5) is 0 Å². The fourth-order valence-electron chi connectivity index (χ4n) is 2.55. The van der Waals surface area contributed by atoms with Crippen LogP contribution in [0.3, 0.4) is 0 Å². The van der Waals surface area contributed by atoms with Crippen LogP contribution in [0.25, 0.3) is 0 Å². The first-order valence-corrected chi connectivity index (χ1v) is 7.11. The monoisotopic (exact) mass is 270 g/mol. The molecule has 1 fully saturated rings. The molecule has 1 saturated carbocycles. The van der Waals surface area contributed by atoms with E-state index in [0.29, 0.717) is 0 Å². The number of ether oxygens (including phenoxy) is 1. The van der Waals surface area contributed by atoms with Crippen molar-refractivity contribution in [2.45, 2.75) is 58.0 Å². The van der Waals surface area contributed by atoms with E-state index in [0.717, 1.165) is 32.1 Å². The summed E-state index contributed by atoms with van der Waals surface area (Å²) in [7, 11) is 1.33. The predicted molar refractivity (Wildman–Crippen MR) is 73.3 cm³/mol. The molecule has 0 aromatic carbocycles. The van der Waals surface area contributed by atoms with Gasteiger partial charge in [0.05, 0.1) is 13.0 Å². The zero-order chi connectivity index (χ0) is 14.4. The largest absolute Gasteiger partial charge is 0.467 e. The van der Waals surface area contributed by atoms with Crippen molar-refractivity contribution in [2.24, 2.45) is 17.6 Å². The average Bonchev–Trinajstić information content (AvgIpc) is 2.59. The second kappa shape index (κ2) is 7.48. The number of nitrogens with one attached hydrogen (secondary N) is 1. The average molecular weight is 270 g/mol. The van der Waals surface area contributed by atoms with Gasteiger partial charge in [0.25, 0.3) is 0 Å². The number of methoxy groups -OCH3 is 1.